The Morgan fingerprint density at radius 2 is 1.66 bits per heavy atom. The van der Waals surface area contributed by atoms with Crippen LogP contribution in [0, 0.1) is 5.92 Å². The summed E-state index contributed by atoms with van der Waals surface area (Å²) in [5.41, 5.74) is 0.819. The Labute approximate surface area is 223 Å². The molecule has 5 N–H and O–H groups in total. The van der Waals surface area contributed by atoms with E-state index in [1.54, 1.807) is 24.3 Å². The number of piperidine rings is 1. The Balaban J connectivity index is 1.52. The number of sulfonamides is 1. The highest BCUT2D eigenvalue weighted by Crippen LogP contribution is 2.30. The molecule has 1 saturated heterocycles. The molecule has 1 unspecified atom stereocenters. The molecule has 2 amide bonds. The second-order valence-electron chi connectivity index (χ2n) is 9.67. The van der Waals surface area contributed by atoms with Gasteiger partial charge in [0.2, 0.25) is 21.8 Å². The second kappa shape index (κ2) is 13.5. The molecule has 11 nitrogen and oxygen atoms in total. The van der Waals surface area contributed by atoms with Crippen LogP contribution < -0.4 is 25.6 Å². The van der Waals surface area contributed by atoms with Gasteiger partial charge in [-0.3, -0.25) is 14.4 Å². The van der Waals surface area contributed by atoms with Crippen LogP contribution in [-0.2, 0) is 24.4 Å². The van der Waals surface area contributed by atoms with Crippen molar-refractivity contribution in [2.24, 2.45) is 5.92 Å². The SMILES string of the molecule is CN(C)c1cccc2c(S(=O)(=O)NC(CNC(=O)CCNC(=O)CCC3CCNCC3)C(=O)O)cccc12. The summed E-state index contributed by atoms with van der Waals surface area (Å²) in [6.45, 7) is 1.62. The minimum absolute atomic E-state index is 0.0468. The average molecular weight is 548 g/mol. The largest absolute Gasteiger partial charge is 0.480 e. The van der Waals surface area contributed by atoms with Gasteiger partial charge in [0.05, 0.1) is 4.90 Å². The van der Waals surface area contributed by atoms with Gasteiger partial charge in [-0.2, -0.15) is 4.72 Å². The second-order valence-corrected chi connectivity index (χ2v) is 11.4. The third kappa shape index (κ3) is 8.14. The summed E-state index contributed by atoms with van der Waals surface area (Å²) in [6, 6.07) is 8.49. The van der Waals surface area contributed by atoms with Gasteiger partial charge in [0.1, 0.15) is 6.04 Å². The number of carboxylic acid groups (broad SMARTS) is 1. The van der Waals surface area contributed by atoms with Crippen molar-refractivity contribution in [2.75, 3.05) is 45.2 Å². The first-order valence-corrected chi connectivity index (χ1v) is 14.2. The minimum Gasteiger partial charge on any atom is -0.480 e. The van der Waals surface area contributed by atoms with Gasteiger partial charge in [-0.1, -0.05) is 24.3 Å². The quantitative estimate of drug-likeness (QED) is 0.249. The number of anilines is 1. The summed E-state index contributed by atoms with van der Waals surface area (Å²) in [5.74, 6) is -1.50. The molecule has 0 bridgehead atoms. The van der Waals surface area contributed by atoms with Gasteiger partial charge < -0.3 is 26.0 Å². The van der Waals surface area contributed by atoms with Crippen molar-refractivity contribution in [3.63, 3.8) is 0 Å². The molecule has 2 aromatic rings. The van der Waals surface area contributed by atoms with Crippen LogP contribution >= 0.6 is 0 Å². The van der Waals surface area contributed by atoms with Crippen LogP contribution in [0.15, 0.2) is 41.3 Å². The number of carboxylic acids is 1. The van der Waals surface area contributed by atoms with Crippen molar-refractivity contribution in [2.45, 2.75) is 43.0 Å². The van der Waals surface area contributed by atoms with Crippen LogP contribution in [0.2, 0.25) is 0 Å². The molecular weight excluding hydrogens is 510 g/mol. The molecule has 0 saturated carbocycles. The lowest BCUT2D eigenvalue weighted by Crippen LogP contribution is -2.48. The fourth-order valence-electron chi connectivity index (χ4n) is 4.53. The number of carbonyl (C=O) groups is 3. The van der Waals surface area contributed by atoms with E-state index in [-0.39, 0.29) is 23.8 Å². The number of hydrogen-bond donors (Lipinski definition) is 5. The van der Waals surface area contributed by atoms with E-state index in [9.17, 15) is 27.9 Å². The predicted molar refractivity (Wildman–Crippen MR) is 145 cm³/mol. The van der Waals surface area contributed by atoms with E-state index < -0.39 is 34.5 Å². The minimum atomic E-state index is -4.23. The Morgan fingerprint density at radius 1 is 1.00 bits per heavy atom. The summed E-state index contributed by atoms with van der Waals surface area (Å²) in [6.07, 6.45) is 3.28. The Kier molecular flexibility index (Phi) is 10.5. The molecule has 1 aliphatic rings. The van der Waals surface area contributed by atoms with Gasteiger partial charge in [-0.05, 0) is 50.4 Å². The van der Waals surface area contributed by atoms with E-state index in [0.717, 1.165) is 38.0 Å². The summed E-state index contributed by atoms with van der Waals surface area (Å²) in [7, 11) is -0.536. The zero-order valence-electron chi connectivity index (χ0n) is 21.8. The van der Waals surface area contributed by atoms with Gasteiger partial charge in [-0.15, -0.1) is 0 Å². The summed E-state index contributed by atoms with van der Waals surface area (Å²) >= 11 is 0. The van der Waals surface area contributed by atoms with E-state index in [2.05, 4.69) is 20.7 Å². The van der Waals surface area contributed by atoms with Crippen molar-refractivity contribution in [1.29, 1.82) is 0 Å². The molecule has 2 aromatic carbocycles. The van der Waals surface area contributed by atoms with E-state index in [4.69, 9.17) is 0 Å². The molecule has 0 radical (unpaired) electrons. The Bertz CT molecular complexity index is 1240. The zero-order chi connectivity index (χ0) is 27.7. The Morgan fingerprint density at radius 3 is 2.34 bits per heavy atom. The molecule has 3 rings (SSSR count). The molecule has 1 heterocycles. The summed E-state index contributed by atoms with van der Waals surface area (Å²) in [5, 5.41) is 19.2. The van der Waals surface area contributed by atoms with E-state index in [1.165, 1.54) is 6.07 Å². The van der Waals surface area contributed by atoms with Crippen LogP contribution in [0.5, 0.6) is 0 Å². The number of benzene rings is 2. The van der Waals surface area contributed by atoms with Crippen LogP contribution in [0.3, 0.4) is 0 Å². The lowest BCUT2D eigenvalue weighted by molar-refractivity contribution is -0.138. The molecule has 1 fully saturated rings. The summed E-state index contributed by atoms with van der Waals surface area (Å²) < 4.78 is 28.5. The molecule has 0 aliphatic carbocycles. The van der Waals surface area contributed by atoms with Crippen molar-refractivity contribution in [3.8, 4) is 0 Å². The normalized spacial score (nSPS) is 15.1. The number of nitrogens with zero attached hydrogens (tertiary/aromatic N) is 1. The maximum atomic E-state index is 13.2. The van der Waals surface area contributed by atoms with Gasteiger partial charge in [0.15, 0.2) is 0 Å². The lowest BCUT2D eigenvalue weighted by Gasteiger charge is -2.22. The fourth-order valence-corrected chi connectivity index (χ4v) is 5.94. The van der Waals surface area contributed by atoms with Gasteiger partial charge in [-0.25, -0.2) is 8.42 Å². The number of amides is 2. The number of aliphatic carboxylic acids is 1. The first kappa shape index (κ1) is 29.3. The van der Waals surface area contributed by atoms with E-state index in [0.29, 0.717) is 23.1 Å². The first-order valence-electron chi connectivity index (χ1n) is 12.8. The average Bonchev–Trinajstić information content (AvgIpc) is 2.89. The predicted octanol–water partition coefficient (Wildman–Crippen LogP) is 1.04. The van der Waals surface area contributed by atoms with Gasteiger partial charge >= 0.3 is 5.97 Å². The maximum Gasteiger partial charge on any atom is 0.323 e. The highest BCUT2D eigenvalue weighted by atomic mass is 32.2. The maximum absolute atomic E-state index is 13.2. The summed E-state index contributed by atoms with van der Waals surface area (Å²) in [4.78, 5) is 37.9. The van der Waals surface area contributed by atoms with Crippen LogP contribution in [0.1, 0.15) is 32.1 Å². The third-order valence-corrected chi connectivity index (χ3v) is 8.17. The number of hydrogen-bond acceptors (Lipinski definition) is 7. The van der Waals surface area contributed by atoms with Crippen molar-refractivity contribution in [1.82, 2.24) is 20.7 Å². The Hall–Kier alpha value is -3.22. The van der Waals surface area contributed by atoms with Crippen LogP contribution in [0.4, 0.5) is 5.69 Å². The smallest absolute Gasteiger partial charge is 0.323 e. The third-order valence-electron chi connectivity index (χ3n) is 6.64. The van der Waals surface area contributed by atoms with Crippen LogP contribution in [0.25, 0.3) is 10.8 Å². The number of rotatable bonds is 13. The number of nitrogens with one attached hydrogen (secondary N) is 4. The lowest BCUT2D eigenvalue weighted by atomic mass is 9.93. The topological polar surface area (TPSA) is 157 Å². The molecule has 38 heavy (non-hydrogen) atoms. The first-order chi connectivity index (χ1) is 18.1. The molecule has 208 valence electrons. The van der Waals surface area contributed by atoms with E-state index in [1.807, 2.05) is 25.1 Å². The van der Waals surface area contributed by atoms with Crippen LogP contribution in [-0.4, -0.2) is 77.6 Å². The standard InChI is InChI=1S/C26H37N5O6S/c1-31(2)22-7-3-6-20-19(22)5-4-8-23(20)38(36,37)30-21(26(34)35)17-29-25(33)13-16-28-24(32)10-9-18-11-14-27-15-12-18/h3-8,18,21,27,30H,9-17H2,1-2H3,(H,28,32)(H,29,33)(H,34,35). The van der Waals surface area contributed by atoms with Crippen molar-refractivity contribution in [3.05, 3.63) is 36.4 Å². The highest BCUT2D eigenvalue weighted by Gasteiger charge is 2.27. The highest BCUT2D eigenvalue weighted by molar-refractivity contribution is 7.89. The van der Waals surface area contributed by atoms with Gasteiger partial charge in [0, 0.05) is 56.5 Å². The molecule has 0 spiro atoms. The number of fused-ring (bicyclic) bond motifs is 1. The molecule has 0 aromatic heterocycles. The molecule has 1 atom stereocenters. The molecule has 12 heteroatoms. The molecule has 1 aliphatic heterocycles. The number of carbonyl (C=O) groups excluding carboxylic acids is 2. The van der Waals surface area contributed by atoms with Crippen molar-refractivity contribution < 1.29 is 27.9 Å². The van der Waals surface area contributed by atoms with E-state index >= 15 is 0 Å². The fraction of sp³-hybridized carbons (Fsp3) is 0.500. The zero-order valence-corrected chi connectivity index (χ0v) is 22.6. The molecular formula is C26H37N5O6S. The van der Waals surface area contributed by atoms with Crippen molar-refractivity contribution >= 4 is 44.3 Å². The van der Waals surface area contributed by atoms with Gasteiger partial charge in [0.25, 0.3) is 0 Å². The monoisotopic (exact) mass is 547 g/mol.